The Kier molecular flexibility index (Phi) is 5.05. The smallest absolute Gasteiger partial charge is 0.126 e. The van der Waals surface area contributed by atoms with Crippen molar-refractivity contribution in [1.82, 2.24) is 4.90 Å². The van der Waals surface area contributed by atoms with E-state index in [2.05, 4.69) is 6.07 Å². The molecular weight excluding hydrogens is 222 g/mol. The maximum Gasteiger partial charge on any atom is 0.126 e. The third kappa shape index (κ3) is 4.49. The lowest BCUT2D eigenvalue weighted by atomic mass is 10.1. The molecule has 0 aliphatic carbocycles. The van der Waals surface area contributed by atoms with E-state index in [0.717, 1.165) is 12.6 Å². The van der Waals surface area contributed by atoms with Crippen LogP contribution < -0.4 is 0 Å². The molecular formula is C13H16F2N2. The zero-order chi connectivity index (χ0) is 12.8. The van der Waals surface area contributed by atoms with Crippen LogP contribution in [0, 0.1) is 28.9 Å². The average molecular weight is 238 g/mol. The first kappa shape index (κ1) is 13.6. The molecule has 92 valence electrons. The highest BCUT2D eigenvalue weighted by atomic mass is 19.1. The fraction of sp³-hybridized carbons (Fsp3) is 0.462. The van der Waals surface area contributed by atoms with Crippen molar-refractivity contribution in [1.29, 1.82) is 5.26 Å². The van der Waals surface area contributed by atoms with Gasteiger partial charge in [-0.3, -0.25) is 4.90 Å². The van der Waals surface area contributed by atoms with Crippen molar-refractivity contribution < 1.29 is 8.78 Å². The van der Waals surface area contributed by atoms with Gasteiger partial charge in [-0.2, -0.15) is 5.26 Å². The van der Waals surface area contributed by atoms with Crippen molar-refractivity contribution in [3.63, 3.8) is 0 Å². The number of benzene rings is 1. The summed E-state index contributed by atoms with van der Waals surface area (Å²) in [6.45, 7) is 5.58. The quantitative estimate of drug-likeness (QED) is 0.788. The molecule has 17 heavy (non-hydrogen) atoms. The van der Waals surface area contributed by atoms with Gasteiger partial charge in [0, 0.05) is 19.2 Å². The molecule has 0 aliphatic rings. The van der Waals surface area contributed by atoms with Gasteiger partial charge in [0.15, 0.2) is 0 Å². The van der Waals surface area contributed by atoms with Crippen LogP contribution in [0.3, 0.4) is 0 Å². The number of nitrogens with zero attached hydrogens (tertiary/aromatic N) is 2. The molecule has 0 amide bonds. The summed E-state index contributed by atoms with van der Waals surface area (Å²) >= 11 is 0. The highest BCUT2D eigenvalue weighted by molar-refractivity contribution is 5.17. The van der Waals surface area contributed by atoms with Gasteiger partial charge in [0.2, 0.25) is 0 Å². The van der Waals surface area contributed by atoms with Crippen LogP contribution in [0.5, 0.6) is 0 Å². The van der Waals surface area contributed by atoms with E-state index in [1.165, 1.54) is 12.1 Å². The van der Waals surface area contributed by atoms with Crippen LogP contribution in [-0.4, -0.2) is 18.0 Å². The third-order valence-electron chi connectivity index (χ3n) is 2.53. The molecule has 1 aromatic rings. The minimum atomic E-state index is -0.565. The first-order valence-corrected chi connectivity index (χ1v) is 5.62. The van der Waals surface area contributed by atoms with Crippen LogP contribution in [-0.2, 0) is 6.54 Å². The molecule has 0 saturated carbocycles. The predicted molar refractivity (Wildman–Crippen MR) is 62.1 cm³/mol. The summed E-state index contributed by atoms with van der Waals surface area (Å²) in [5, 5.41) is 8.74. The van der Waals surface area contributed by atoms with Gasteiger partial charge in [0.1, 0.15) is 11.6 Å². The monoisotopic (exact) mass is 238 g/mol. The highest BCUT2D eigenvalue weighted by Crippen LogP contribution is 2.11. The highest BCUT2D eigenvalue weighted by Gasteiger charge is 2.10. The lowest BCUT2D eigenvalue weighted by Crippen LogP contribution is -2.27. The minimum absolute atomic E-state index is 0.0895. The molecule has 0 saturated heterocycles. The van der Waals surface area contributed by atoms with E-state index in [9.17, 15) is 8.78 Å². The molecule has 0 bridgehead atoms. The second kappa shape index (κ2) is 6.31. The summed E-state index contributed by atoms with van der Waals surface area (Å²) < 4.78 is 26.0. The van der Waals surface area contributed by atoms with E-state index in [0.29, 0.717) is 18.7 Å². The van der Waals surface area contributed by atoms with Crippen LogP contribution in [0.4, 0.5) is 8.78 Å². The summed E-state index contributed by atoms with van der Waals surface area (Å²) in [7, 11) is 0. The molecule has 0 aliphatic heterocycles. The van der Waals surface area contributed by atoms with Crippen molar-refractivity contribution in [2.24, 2.45) is 5.92 Å². The van der Waals surface area contributed by atoms with E-state index in [1.54, 1.807) is 0 Å². The Hall–Kier alpha value is -1.47. The van der Waals surface area contributed by atoms with Gasteiger partial charge < -0.3 is 0 Å². The summed E-state index contributed by atoms with van der Waals surface area (Å²) in [4.78, 5) is 1.99. The number of halogens is 2. The summed E-state index contributed by atoms with van der Waals surface area (Å²) in [6.07, 6.45) is 0. The number of hydrogen-bond donors (Lipinski definition) is 0. The van der Waals surface area contributed by atoms with Crippen LogP contribution in [0.2, 0.25) is 0 Å². The molecule has 0 aromatic heterocycles. The largest absolute Gasteiger partial charge is 0.298 e. The summed E-state index contributed by atoms with van der Waals surface area (Å²) in [5.41, 5.74) is 0.592. The number of nitriles is 1. The van der Waals surface area contributed by atoms with Gasteiger partial charge in [-0.15, -0.1) is 0 Å². The molecule has 0 radical (unpaired) electrons. The van der Waals surface area contributed by atoms with E-state index in [-0.39, 0.29) is 5.92 Å². The van der Waals surface area contributed by atoms with Gasteiger partial charge in [-0.05, 0) is 31.2 Å². The predicted octanol–water partition coefficient (Wildman–Crippen LogP) is 2.95. The molecule has 0 fully saturated rings. The normalized spacial score (nSPS) is 12.5. The fourth-order valence-electron chi connectivity index (χ4n) is 1.69. The first-order chi connectivity index (χ1) is 8.05. The molecule has 0 spiro atoms. The first-order valence-electron chi connectivity index (χ1n) is 5.62. The molecule has 1 atom stereocenters. The lowest BCUT2D eigenvalue weighted by Gasteiger charge is -2.21. The van der Waals surface area contributed by atoms with E-state index in [4.69, 9.17) is 5.26 Å². The summed E-state index contributed by atoms with van der Waals surface area (Å²) in [5.74, 6) is -1.22. The van der Waals surface area contributed by atoms with Crippen molar-refractivity contribution >= 4 is 0 Å². The maximum absolute atomic E-state index is 13.0. The maximum atomic E-state index is 13.0. The molecule has 4 heteroatoms. The Bertz CT molecular complexity index is 392. The van der Waals surface area contributed by atoms with Gasteiger partial charge in [-0.25, -0.2) is 8.78 Å². The lowest BCUT2D eigenvalue weighted by molar-refractivity contribution is 0.259. The van der Waals surface area contributed by atoms with Crippen LogP contribution in [0.1, 0.15) is 19.4 Å². The van der Waals surface area contributed by atoms with E-state index in [1.807, 2.05) is 18.7 Å². The molecule has 0 N–H and O–H groups in total. The van der Waals surface area contributed by atoms with Gasteiger partial charge >= 0.3 is 0 Å². The van der Waals surface area contributed by atoms with Crippen molar-refractivity contribution in [3.8, 4) is 6.07 Å². The molecule has 1 aromatic carbocycles. The second-order valence-corrected chi connectivity index (χ2v) is 4.14. The van der Waals surface area contributed by atoms with Crippen LogP contribution in [0.15, 0.2) is 18.2 Å². The van der Waals surface area contributed by atoms with Gasteiger partial charge in [-0.1, -0.05) is 6.92 Å². The van der Waals surface area contributed by atoms with Crippen LogP contribution in [0.25, 0.3) is 0 Å². The molecule has 1 rings (SSSR count). The van der Waals surface area contributed by atoms with Crippen molar-refractivity contribution in [3.05, 3.63) is 35.4 Å². The Balaban J connectivity index is 2.70. The zero-order valence-electron chi connectivity index (χ0n) is 10.1. The Morgan fingerprint density at radius 2 is 1.88 bits per heavy atom. The minimum Gasteiger partial charge on any atom is -0.298 e. The number of hydrogen-bond acceptors (Lipinski definition) is 2. The Morgan fingerprint density at radius 3 is 2.35 bits per heavy atom. The molecule has 0 heterocycles. The summed E-state index contributed by atoms with van der Waals surface area (Å²) in [6, 6.07) is 5.65. The fourth-order valence-corrected chi connectivity index (χ4v) is 1.69. The zero-order valence-corrected chi connectivity index (χ0v) is 10.1. The van der Waals surface area contributed by atoms with Gasteiger partial charge in [0.05, 0.1) is 12.0 Å². The van der Waals surface area contributed by atoms with E-state index >= 15 is 0 Å². The molecule has 2 nitrogen and oxygen atoms in total. The van der Waals surface area contributed by atoms with E-state index < -0.39 is 11.6 Å². The Morgan fingerprint density at radius 1 is 1.29 bits per heavy atom. The topological polar surface area (TPSA) is 27.0 Å². The third-order valence-corrected chi connectivity index (χ3v) is 2.53. The second-order valence-electron chi connectivity index (χ2n) is 4.14. The average Bonchev–Trinajstić information content (AvgIpc) is 2.26. The van der Waals surface area contributed by atoms with Gasteiger partial charge in [0.25, 0.3) is 0 Å². The Labute approximate surface area is 100 Å². The van der Waals surface area contributed by atoms with Crippen molar-refractivity contribution in [2.75, 3.05) is 13.1 Å². The standard InChI is InChI=1S/C13H16F2N2/c1-3-17(8-10(2)7-16)9-11-4-12(14)6-13(15)5-11/h4-6,10H,3,8-9H2,1-2H3. The van der Waals surface area contributed by atoms with Crippen LogP contribution >= 0.6 is 0 Å². The molecule has 1 unspecified atom stereocenters. The SMILES string of the molecule is CCN(Cc1cc(F)cc(F)c1)CC(C)C#N. The number of rotatable bonds is 5. The van der Waals surface area contributed by atoms with Crippen molar-refractivity contribution in [2.45, 2.75) is 20.4 Å².